The number of nitrogens with one attached hydrogen (secondary N) is 2. The molecular formula is C12H14N6O2. The Kier molecular flexibility index (Phi) is 4.04. The third-order valence-electron chi connectivity index (χ3n) is 2.62. The predicted octanol–water partition coefficient (Wildman–Crippen LogP) is 1.74. The van der Waals surface area contributed by atoms with Gasteiger partial charge in [-0.05, 0) is 18.6 Å². The summed E-state index contributed by atoms with van der Waals surface area (Å²) < 4.78 is 0. The standard InChI is InChI=1S/C12H14N6O2/c1-8-3-4-9(5-14-8)6-15-11-10(18(19)20)7-16-12(13-2)17-11/h3-5,7H,6H2,1-2H3,(H2,13,15,16,17). The van der Waals surface area contributed by atoms with E-state index in [4.69, 9.17) is 0 Å². The molecule has 0 amide bonds. The van der Waals surface area contributed by atoms with Crippen molar-refractivity contribution in [3.05, 3.63) is 45.9 Å². The first-order chi connectivity index (χ1) is 9.60. The lowest BCUT2D eigenvalue weighted by Crippen LogP contribution is -2.07. The van der Waals surface area contributed by atoms with E-state index in [1.54, 1.807) is 13.2 Å². The monoisotopic (exact) mass is 274 g/mol. The molecule has 20 heavy (non-hydrogen) atoms. The molecule has 0 aromatic carbocycles. The molecule has 0 saturated carbocycles. The average molecular weight is 274 g/mol. The van der Waals surface area contributed by atoms with Crippen LogP contribution in [-0.2, 0) is 6.54 Å². The van der Waals surface area contributed by atoms with Gasteiger partial charge >= 0.3 is 5.69 Å². The van der Waals surface area contributed by atoms with Crippen LogP contribution < -0.4 is 10.6 Å². The Morgan fingerprint density at radius 2 is 2.10 bits per heavy atom. The number of hydrogen-bond acceptors (Lipinski definition) is 7. The van der Waals surface area contributed by atoms with Gasteiger partial charge < -0.3 is 10.6 Å². The molecule has 0 saturated heterocycles. The minimum absolute atomic E-state index is 0.163. The van der Waals surface area contributed by atoms with Crippen molar-refractivity contribution < 1.29 is 4.92 Å². The van der Waals surface area contributed by atoms with Gasteiger partial charge in [-0.3, -0.25) is 15.1 Å². The summed E-state index contributed by atoms with van der Waals surface area (Å²) in [5, 5.41) is 16.6. The number of anilines is 2. The maximum absolute atomic E-state index is 10.9. The van der Waals surface area contributed by atoms with E-state index in [2.05, 4.69) is 25.6 Å². The molecule has 104 valence electrons. The third-order valence-corrected chi connectivity index (χ3v) is 2.62. The van der Waals surface area contributed by atoms with Crippen LogP contribution in [0, 0.1) is 17.0 Å². The first-order valence-electron chi connectivity index (χ1n) is 5.94. The maximum atomic E-state index is 10.9. The second-order valence-electron chi connectivity index (χ2n) is 4.10. The van der Waals surface area contributed by atoms with Crippen LogP contribution in [0.3, 0.4) is 0 Å². The highest BCUT2D eigenvalue weighted by Crippen LogP contribution is 2.22. The fourth-order valence-electron chi connectivity index (χ4n) is 1.55. The lowest BCUT2D eigenvalue weighted by Gasteiger charge is -2.07. The zero-order valence-corrected chi connectivity index (χ0v) is 11.1. The molecule has 0 atom stereocenters. The average Bonchev–Trinajstić information content (AvgIpc) is 2.46. The number of aromatic nitrogens is 3. The summed E-state index contributed by atoms with van der Waals surface area (Å²) in [6, 6.07) is 3.78. The molecule has 2 rings (SSSR count). The van der Waals surface area contributed by atoms with Crippen molar-refractivity contribution in [2.24, 2.45) is 0 Å². The molecule has 0 unspecified atom stereocenters. The highest BCUT2D eigenvalue weighted by Gasteiger charge is 2.16. The van der Waals surface area contributed by atoms with Gasteiger partial charge in [-0.1, -0.05) is 6.07 Å². The molecular weight excluding hydrogens is 260 g/mol. The molecule has 0 aliphatic rings. The van der Waals surface area contributed by atoms with E-state index in [1.807, 2.05) is 19.1 Å². The Morgan fingerprint density at radius 3 is 2.70 bits per heavy atom. The van der Waals surface area contributed by atoms with Gasteiger partial charge in [-0.2, -0.15) is 4.98 Å². The van der Waals surface area contributed by atoms with Gasteiger partial charge in [0.1, 0.15) is 6.20 Å². The van der Waals surface area contributed by atoms with E-state index in [-0.39, 0.29) is 11.5 Å². The van der Waals surface area contributed by atoms with Crippen molar-refractivity contribution in [2.75, 3.05) is 17.7 Å². The second kappa shape index (κ2) is 5.91. The summed E-state index contributed by atoms with van der Waals surface area (Å²) >= 11 is 0. The van der Waals surface area contributed by atoms with Crippen molar-refractivity contribution in [1.29, 1.82) is 0 Å². The van der Waals surface area contributed by atoms with E-state index in [0.29, 0.717) is 12.5 Å². The Bertz CT molecular complexity index is 614. The minimum Gasteiger partial charge on any atom is -0.360 e. The van der Waals surface area contributed by atoms with Crippen LogP contribution in [0.4, 0.5) is 17.5 Å². The van der Waals surface area contributed by atoms with E-state index in [9.17, 15) is 10.1 Å². The topological polar surface area (TPSA) is 106 Å². The predicted molar refractivity (Wildman–Crippen MR) is 74.5 cm³/mol. The smallest absolute Gasteiger partial charge is 0.329 e. The molecule has 8 nitrogen and oxygen atoms in total. The number of nitro groups is 1. The number of rotatable bonds is 5. The van der Waals surface area contributed by atoms with Gasteiger partial charge in [-0.15, -0.1) is 0 Å². The van der Waals surface area contributed by atoms with Crippen molar-refractivity contribution in [1.82, 2.24) is 15.0 Å². The Balaban J connectivity index is 2.18. The Hall–Kier alpha value is -2.77. The third kappa shape index (κ3) is 3.16. The largest absolute Gasteiger partial charge is 0.360 e. The molecule has 2 heterocycles. The molecule has 0 spiro atoms. The number of hydrogen-bond donors (Lipinski definition) is 2. The fourth-order valence-corrected chi connectivity index (χ4v) is 1.55. The van der Waals surface area contributed by atoms with Gasteiger partial charge in [0.2, 0.25) is 11.8 Å². The van der Waals surface area contributed by atoms with E-state index >= 15 is 0 Å². The molecule has 2 aromatic heterocycles. The molecule has 2 aromatic rings. The molecule has 0 bridgehead atoms. The van der Waals surface area contributed by atoms with Crippen molar-refractivity contribution in [3.8, 4) is 0 Å². The summed E-state index contributed by atoms with van der Waals surface area (Å²) in [5.74, 6) is 0.495. The summed E-state index contributed by atoms with van der Waals surface area (Å²) in [6.45, 7) is 2.29. The first kappa shape index (κ1) is 13.7. The van der Waals surface area contributed by atoms with E-state index in [0.717, 1.165) is 11.3 Å². The molecule has 0 aliphatic carbocycles. The van der Waals surface area contributed by atoms with Crippen LogP contribution >= 0.6 is 0 Å². The molecule has 8 heteroatoms. The van der Waals surface area contributed by atoms with Gasteiger partial charge in [-0.25, -0.2) is 4.98 Å². The summed E-state index contributed by atoms with van der Waals surface area (Å²) in [6.07, 6.45) is 2.89. The quantitative estimate of drug-likeness (QED) is 0.631. The van der Waals surface area contributed by atoms with Crippen LogP contribution in [0.2, 0.25) is 0 Å². The molecule has 0 aliphatic heterocycles. The summed E-state index contributed by atoms with van der Waals surface area (Å²) in [4.78, 5) is 22.5. The molecule has 0 radical (unpaired) electrons. The lowest BCUT2D eigenvalue weighted by atomic mass is 10.2. The normalized spacial score (nSPS) is 10.1. The Labute approximate surface area is 115 Å². The van der Waals surface area contributed by atoms with Gasteiger partial charge in [0.15, 0.2) is 0 Å². The van der Waals surface area contributed by atoms with Crippen molar-refractivity contribution >= 4 is 17.5 Å². The van der Waals surface area contributed by atoms with Crippen LogP contribution in [0.25, 0.3) is 0 Å². The van der Waals surface area contributed by atoms with Crippen LogP contribution in [0.1, 0.15) is 11.3 Å². The van der Waals surface area contributed by atoms with E-state index < -0.39 is 4.92 Å². The minimum atomic E-state index is -0.519. The van der Waals surface area contributed by atoms with Gasteiger partial charge in [0.25, 0.3) is 0 Å². The highest BCUT2D eigenvalue weighted by atomic mass is 16.6. The van der Waals surface area contributed by atoms with Crippen LogP contribution in [-0.4, -0.2) is 26.9 Å². The lowest BCUT2D eigenvalue weighted by molar-refractivity contribution is -0.384. The zero-order chi connectivity index (χ0) is 14.5. The summed E-state index contributed by atoms with van der Waals surface area (Å²) in [7, 11) is 1.65. The zero-order valence-electron chi connectivity index (χ0n) is 11.1. The first-order valence-corrected chi connectivity index (χ1v) is 5.94. The van der Waals surface area contributed by atoms with Gasteiger partial charge in [0.05, 0.1) is 4.92 Å². The Morgan fingerprint density at radius 1 is 1.30 bits per heavy atom. The fraction of sp³-hybridized carbons (Fsp3) is 0.250. The van der Waals surface area contributed by atoms with Crippen molar-refractivity contribution in [2.45, 2.75) is 13.5 Å². The number of nitrogens with zero attached hydrogens (tertiary/aromatic N) is 4. The number of aryl methyl sites for hydroxylation is 1. The second-order valence-corrected chi connectivity index (χ2v) is 4.10. The van der Waals surface area contributed by atoms with Gasteiger partial charge in [0, 0.05) is 25.5 Å². The molecule has 2 N–H and O–H groups in total. The molecule has 0 fully saturated rings. The van der Waals surface area contributed by atoms with Crippen molar-refractivity contribution in [3.63, 3.8) is 0 Å². The van der Waals surface area contributed by atoms with Crippen LogP contribution in [0.5, 0.6) is 0 Å². The SMILES string of the molecule is CNc1ncc([N+](=O)[O-])c(NCc2ccc(C)nc2)n1. The van der Waals surface area contributed by atoms with Crippen LogP contribution in [0.15, 0.2) is 24.5 Å². The highest BCUT2D eigenvalue weighted by molar-refractivity contribution is 5.57. The summed E-state index contributed by atoms with van der Waals surface area (Å²) in [5.41, 5.74) is 1.66. The maximum Gasteiger partial charge on any atom is 0.329 e. The van der Waals surface area contributed by atoms with E-state index in [1.165, 1.54) is 6.20 Å². The number of pyridine rings is 1.